The quantitative estimate of drug-likeness (QED) is 0.719. The second kappa shape index (κ2) is 7.07. The Hall–Kier alpha value is -1.66. The van der Waals surface area contributed by atoms with E-state index in [4.69, 9.17) is 0 Å². The van der Waals surface area contributed by atoms with Crippen LogP contribution < -0.4 is 4.31 Å². The van der Waals surface area contributed by atoms with E-state index in [1.807, 2.05) is 13.0 Å². The van der Waals surface area contributed by atoms with Crippen molar-refractivity contribution in [2.45, 2.75) is 18.2 Å². The molecule has 2 rings (SSSR count). The molecule has 22 heavy (non-hydrogen) atoms. The number of carbonyl (C=O) groups is 1. The first-order valence-corrected chi connectivity index (χ1v) is 8.97. The lowest BCUT2D eigenvalue weighted by molar-refractivity contribution is -0.107. The summed E-state index contributed by atoms with van der Waals surface area (Å²) in [7, 11) is -3.71. The van der Waals surface area contributed by atoms with Crippen LogP contribution in [0, 0.1) is 6.92 Å². The second-order valence-electron chi connectivity index (χ2n) is 4.83. The van der Waals surface area contributed by atoms with Gasteiger partial charge >= 0.3 is 0 Å². The molecule has 0 radical (unpaired) electrons. The van der Waals surface area contributed by atoms with Crippen LogP contribution in [-0.4, -0.2) is 21.2 Å². The Bertz CT molecular complexity index is 757. The van der Waals surface area contributed by atoms with Gasteiger partial charge in [0.15, 0.2) is 0 Å². The van der Waals surface area contributed by atoms with Crippen LogP contribution in [-0.2, 0) is 14.8 Å². The van der Waals surface area contributed by atoms with Gasteiger partial charge in [-0.05, 0) is 37.3 Å². The highest BCUT2D eigenvalue weighted by Gasteiger charge is 2.24. The van der Waals surface area contributed by atoms with Gasteiger partial charge in [-0.1, -0.05) is 39.7 Å². The molecule has 0 fully saturated rings. The molecular weight excluding hydrogens is 366 g/mol. The maximum Gasteiger partial charge on any atom is 0.264 e. The maximum atomic E-state index is 12.9. The number of rotatable bonds is 6. The first-order valence-electron chi connectivity index (χ1n) is 6.74. The van der Waals surface area contributed by atoms with Crippen molar-refractivity contribution in [3.05, 3.63) is 58.6 Å². The Balaban J connectivity index is 2.48. The van der Waals surface area contributed by atoms with Crippen molar-refractivity contribution in [1.82, 2.24) is 0 Å². The average molecular weight is 382 g/mol. The van der Waals surface area contributed by atoms with E-state index in [2.05, 4.69) is 15.9 Å². The van der Waals surface area contributed by atoms with Gasteiger partial charge in [-0.15, -0.1) is 0 Å². The molecule has 0 amide bonds. The maximum absolute atomic E-state index is 12.9. The third-order valence-corrected chi connectivity index (χ3v) is 5.49. The van der Waals surface area contributed by atoms with Crippen LogP contribution >= 0.6 is 15.9 Å². The summed E-state index contributed by atoms with van der Waals surface area (Å²) in [5.41, 5.74) is 1.51. The molecule has 0 saturated heterocycles. The molecule has 0 saturated carbocycles. The minimum atomic E-state index is -3.71. The molecular formula is C16H16BrNO3S. The highest BCUT2D eigenvalue weighted by atomic mass is 79.9. The monoisotopic (exact) mass is 381 g/mol. The fourth-order valence-electron chi connectivity index (χ4n) is 2.03. The van der Waals surface area contributed by atoms with E-state index in [0.29, 0.717) is 5.69 Å². The molecule has 0 bridgehead atoms. The lowest BCUT2D eigenvalue weighted by atomic mass is 10.2. The van der Waals surface area contributed by atoms with Crippen LogP contribution in [0.2, 0.25) is 0 Å². The normalized spacial score (nSPS) is 11.2. The van der Waals surface area contributed by atoms with E-state index in [1.165, 1.54) is 4.31 Å². The molecule has 0 aliphatic rings. The Labute approximate surface area is 138 Å². The van der Waals surface area contributed by atoms with Gasteiger partial charge in [0.1, 0.15) is 6.29 Å². The number of benzene rings is 2. The average Bonchev–Trinajstić information content (AvgIpc) is 2.48. The summed E-state index contributed by atoms with van der Waals surface area (Å²) in [5.74, 6) is 0. The number of aldehydes is 1. The van der Waals surface area contributed by atoms with E-state index in [0.717, 1.165) is 16.3 Å². The summed E-state index contributed by atoms with van der Waals surface area (Å²) in [4.78, 5) is 10.9. The van der Waals surface area contributed by atoms with Crippen molar-refractivity contribution in [2.75, 3.05) is 10.8 Å². The molecule has 0 unspecified atom stereocenters. The van der Waals surface area contributed by atoms with Gasteiger partial charge in [-0.3, -0.25) is 4.31 Å². The fourth-order valence-corrected chi connectivity index (χ4v) is 3.89. The molecule has 116 valence electrons. The summed E-state index contributed by atoms with van der Waals surface area (Å²) in [6.07, 6.45) is 0.854. The topological polar surface area (TPSA) is 54.5 Å². The van der Waals surface area contributed by atoms with Crippen molar-refractivity contribution in [1.29, 1.82) is 0 Å². The SMILES string of the molecule is Cc1ccc(S(=O)(=O)N(CCC=O)c2cccc(Br)c2)cc1. The summed E-state index contributed by atoms with van der Waals surface area (Å²) < 4.78 is 27.8. The van der Waals surface area contributed by atoms with Gasteiger partial charge in [-0.25, -0.2) is 8.42 Å². The fraction of sp³-hybridized carbons (Fsp3) is 0.188. The van der Waals surface area contributed by atoms with Crippen LogP contribution in [0.3, 0.4) is 0 Å². The number of nitrogens with zero attached hydrogens (tertiary/aromatic N) is 1. The van der Waals surface area contributed by atoms with Gasteiger partial charge in [0.2, 0.25) is 0 Å². The molecule has 4 nitrogen and oxygen atoms in total. The van der Waals surface area contributed by atoms with Gasteiger partial charge < -0.3 is 4.79 Å². The second-order valence-corrected chi connectivity index (χ2v) is 7.60. The number of carbonyl (C=O) groups excluding carboxylic acids is 1. The predicted molar refractivity (Wildman–Crippen MR) is 90.5 cm³/mol. The number of hydrogen-bond acceptors (Lipinski definition) is 3. The molecule has 0 N–H and O–H groups in total. The van der Waals surface area contributed by atoms with Crippen LogP contribution in [0.5, 0.6) is 0 Å². The zero-order chi connectivity index (χ0) is 16.2. The number of hydrogen-bond donors (Lipinski definition) is 0. The Morgan fingerprint density at radius 2 is 1.82 bits per heavy atom. The van der Waals surface area contributed by atoms with E-state index < -0.39 is 10.0 Å². The standard InChI is InChI=1S/C16H16BrNO3S/c1-13-6-8-16(9-7-13)22(20,21)18(10-3-11-19)15-5-2-4-14(17)12-15/h2,4-9,11-12H,3,10H2,1H3. The minimum absolute atomic E-state index is 0.107. The summed E-state index contributed by atoms with van der Waals surface area (Å²) >= 11 is 3.34. The van der Waals surface area contributed by atoms with Crippen molar-refractivity contribution in [3.63, 3.8) is 0 Å². The van der Waals surface area contributed by atoms with Crippen molar-refractivity contribution >= 4 is 37.9 Å². The number of aryl methyl sites for hydroxylation is 1. The zero-order valence-corrected chi connectivity index (χ0v) is 14.5. The third kappa shape index (κ3) is 3.75. The lowest BCUT2D eigenvalue weighted by Crippen LogP contribution is -2.32. The van der Waals surface area contributed by atoms with Crippen molar-refractivity contribution < 1.29 is 13.2 Å². The lowest BCUT2D eigenvalue weighted by Gasteiger charge is -2.24. The number of anilines is 1. The van der Waals surface area contributed by atoms with Crippen LogP contribution in [0.25, 0.3) is 0 Å². The highest BCUT2D eigenvalue weighted by Crippen LogP contribution is 2.26. The minimum Gasteiger partial charge on any atom is -0.303 e. The van der Waals surface area contributed by atoms with Gasteiger partial charge in [-0.2, -0.15) is 0 Å². The largest absolute Gasteiger partial charge is 0.303 e. The molecule has 6 heteroatoms. The Kier molecular flexibility index (Phi) is 5.37. The van der Waals surface area contributed by atoms with Crippen LogP contribution in [0.15, 0.2) is 57.9 Å². The molecule has 2 aromatic rings. The van der Waals surface area contributed by atoms with E-state index in [-0.39, 0.29) is 17.9 Å². The molecule has 2 aromatic carbocycles. The van der Waals surface area contributed by atoms with Gasteiger partial charge in [0.25, 0.3) is 10.0 Å². The molecule has 0 aliphatic carbocycles. The molecule has 0 aromatic heterocycles. The molecule has 0 spiro atoms. The smallest absolute Gasteiger partial charge is 0.264 e. The summed E-state index contributed by atoms with van der Waals surface area (Å²) in [6, 6.07) is 13.7. The number of halogens is 1. The first kappa shape index (κ1) is 16.7. The highest BCUT2D eigenvalue weighted by molar-refractivity contribution is 9.10. The first-order chi connectivity index (χ1) is 10.4. The van der Waals surface area contributed by atoms with E-state index >= 15 is 0 Å². The van der Waals surface area contributed by atoms with E-state index in [1.54, 1.807) is 42.5 Å². The molecule has 0 aliphatic heterocycles. The van der Waals surface area contributed by atoms with Crippen molar-refractivity contribution in [2.24, 2.45) is 0 Å². The van der Waals surface area contributed by atoms with Crippen LogP contribution in [0.4, 0.5) is 5.69 Å². The Morgan fingerprint density at radius 3 is 2.41 bits per heavy atom. The van der Waals surface area contributed by atoms with Crippen molar-refractivity contribution in [3.8, 4) is 0 Å². The van der Waals surface area contributed by atoms with Gasteiger partial charge in [0.05, 0.1) is 10.6 Å². The van der Waals surface area contributed by atoms with Crippen LogP contribution in [0.1, 0.15) is 12.0 Å². The third-order valence-electron chi connectivity index (χ3n) is 3.16. The van der Waals surface area contributed by atoms with Gasteiger partial charge in [0, 0.05) is 17.4 Å². The van der Waals surface area contributed by atoms with E-state index in [9.17, 15) is 13.2 Å². The Morgan fingerprint density at radius 1 is 1.14 bits per heavy atom. The molecule has 0 atom stereocenters. The summed E-state index contributed by atoms with van der Waals surface area (Å²) in [6.45, 7) is 2.00. The summed E-state index contributed by atoms with van der Waals surface area (Å²) in [5, 5.41) is 0. The zero-order valence-electron chi connectivity index (χ0n) is 12.1. The molecule has 0 heterocycles. The predicted octanol–water partition coefficient (Wildman–Crippen LogP) is 3.54. The number of sulfonamides is 1.